The van der Waals surface area contributed by atoms with Crippen LogP contribution in [0.1, 0.15) is 71.6 Å². The number of nitrogens with zero attached hydrogens (tertiary/aromatic N) is 2. The van der Waals surface area contributed by atoms with Gasteiger partial charge < -0.3 is 30.3 Å². The highest BCUT2D eigenvalue weighted by molar-refractivity contribution is 6.51. The van der Waals surface area contributed by atoms with E-state index in [0.717, 1.165) is 32.1 Å². The van der Waals surface area contributed by atoms with Crippen LogP contribution < -0.4 is 20.7 Å². The van der Waals surface area contributed by atoms with Crippen LogP contribution in [0.5, 0.6) is 5.75 Å². The Morgan fingerprint density at radius 3 is 2.47 bits per heavy atom. The number of benzene rings is 1. The number of ether oxygens (including phenoxy) is 2. The van der Waals surface area contributed by atoms with Gasteiger partial charge >= 0.3 is 5.97 Å². The second-order valence-electron chi connectivity index (χ2n) is 12.9. The molecule has 2 aliphatic heterocycles. The summed E-state index contributed by atoms with van der Waals surface area (Å²) in [5.41, 5.74) is 0. The van der Waals surface area contributed by atoms with Crippen LogP contribution in [0.25, 0.3) is 0 Å². The molecule has 12 nitrogen and oxygen atoms in total. The number of esters is 1. The molecule has 0 spiro atoms. The van der Waals surface area contributed by atoms with Gasteiger partial charge in [0.05, 0.1) is 6.07 Å². The molecule has 4 amide bonds. The quantitative estimate of drug-likeness (QED) is 0.118. The first-order valence-corrected chi connectivity index (χ1v) is 17.7. The van der Waals surface area contributed by atoms with E-state index in [4.69, 9.17) is 32.7 Å². The predicted octanol–water partition coefficient (Wildman–Crippen LogP) is 3.54. The van der Waals surface area contributed by atoms with Gasteiger partial charge in [0.1, 0.15) is 40.1 Å². The fraction of sp³-hybridized carbons (Fsp3) is 0.647. The van der Waals surface area contributed by atoms with E-state index in [1.165, 1.54) is 36.1 Å². The lowest BCUT2D eigenvalue weighted by Crippen LogP contribution is -2.60. The third-order valence-corrected chi connectivity index (χ3v) is 10.4. The van der Waals surface area contributed by atoms with Gasteiger partial charge in [-0.3, -0.25) is 24.0 Å². The Kier molecular flexibility index (Phi) is 13.5. The molecule has 1 aromatic rings. The Balaban J connectivity index is 1.47. The van der Waals surface area contributed by atoms with Gasteiger partial charge in [-0.1, -0.05) is 39.0 Å². The normalized spacial score (nSPS) is 23.7. The Labute approximate surface area is 295 Å². The molecule has 1 aromatic carbocycles. The minimum atomic E-state index is -1.42. The lowest BCUT2D eigenvalue weighted by atomic mass is 9.98. The molecule has 1 saturated carbocycles. The minimum Gasteiger partial charge on any atom is -0.484 e. The number of hydrogen-bond acceptors (Lipinski definition) is 8. The number of likely N-dealkylation sites (tertiary alicyclic amines) is 1. The van der Waals surface area contributed by atoms with Gasteiger partial charge in [0.2, 0.25) is 17.7 Å². The van der Waals surface area contributed by atoms with Gasteiger partial charge in [0, 0.05) is 37.3 Å². The lowest BCUT2D eigenvalue weighted by molar-refractivity contribution is -0.156. The van der Waals surface area contributed by atoms with Gasteiger partial charge in [0.25, 0.3) is 5.91 Å². The van der Waals surface area contributed by atoms with E-state index in [1.54, 1.807) is 0 Å². The molecular weight excluding hydrogens is 680 g/mol. The predicted molar refractivity (Wildman–Crippen MR) is 178 cm³/mol. The molecule has 1 unspecified atom stereocenters. The van der Waals surface area contributed by atoms with Crippen molar-refractivity contribution in [2.45, 2.75) is 100 Å². The van der Waals surface area contributed by atoms with Crippen LogP contribution in [-0.2, 0) is 28.7 Å². The molecule has 2 heterocycles. The number of carbonyl (C=O) groups is 5. The molecule has 3 N–H and O–H groups in total. The topological polar surface area (TPSA) is 167 Å². The molecule has 0 radical (unpaired) electrons. The number of hydrogen-bond donors (Lipinski definition) is 3. The first kappa shape index (κ1) is 38.2. The Morgan fingerprint density at radius 1 is 1.12 bits per heavy atom. The van der Waals surface area contributed by atoms with Crippen molar-refractivity contribution in [1.82, 2.24) is 20.9 Å². The van der Waals surface area contributed by atoms with Crippen LogP contribution in [0.3, 0.4) is 0 Å². The smallest absolute Gasteiger partial charge is 0.306 e. The highest BCUT2D eigenvalue weighted by Gasteiger charge is 2.74. The molecule has 49 heavy (non-hydrogen) atoms. The van der Waals surface area contributed by atoms with Crippen LogP contribution in [0.15, 0.2) is 24.3 Å². The average molecular weight is 725 g/mol. The summed E-state index contributed by atoms with van der Waals surface area (Å²) < 4.78 is 23.1. The highest BCUT2D eigenvalue weighted by atomic mass is 35.5. The van der Waals surface area contributed by atoms with E-state index in [2.05, 4.69) is 22.9 Å². The molecule has 3 aliphatic rings. The van der Waals surface area contributed by atoms with Gasteiger partial charge in [-0.05, 0) is 50.5 Å². The SMILES string of the molecule is CCCCCCCCC(=O)OC(C)[C@H](NC(=O)COc1ccc(F)cc1)C(=O)N1C[C@H]2[C@@H]([C@H]1C(=O)N[C@H](C#N)C[C@@H]1CCNC1=O)C2(Cl)Cl. The zero-order valence-corrected chi connectivity index (χ0v) is 29.2. The number of amides is 4. The Hall–Kier alpha value is -3.63. The molecule has 15 heteroatoms. The van der Waals surface area contributed by atoms with Gasteiger partial charge in [0.15, 0.2) is 6.61 Å². The number of piperidine rings is 1. The summed E-state index contributed by atoms with van der Waals surface area (Å²) in [5, 5.41) is 17.7. The number of rotatable bonds is 18. The third kappa shape index (κ3) is 9.97. The maximum absolute atomic E-state index is 14.2. The largest absolute Gasteiger partial charge is 0.484 e. The Bertz CT molecular complexity index is 1410. The molecule has 0 bridgehead atoms. The number of unbranched alkanes of at least 4 members (excludes halogenated alkanes) is 5. The van der Waals surface area contributed by atoms with Crippen molar-refractivity contribution in [3.05, 3.63) is 30.1 Å². The van der Waals surface area contributed by atoms with Crippen molar-refractivity contribution in [2.24, 2.45) is 17.8 Å². The summed E-state index contributed by atoms with van der Waals surface area (Å²) in [6.07, 6.45) is 5.37. The fourth-order valence-electron chi connectivity index (χ4n) is 6.53. The molecule has 268 valence electrons. The molecule has 7 atom stereocenters. The van der Waals surface area contributed by atoms with Crippen molar-refractivity contribution in [2.75, 3.05) is 19.7 Å². The second kappa shape index (κ2) is 17.3. The van der Waals surface area contributed by atoms with E-state index in [9.17, 15) is 33.6 Å². The zero-order valence-electron chi connectivity index (χ0n) is 27.7. The zero-order chi connectivity index (χ0) is 35.7. The fourth-order valence-corrected chi connectivity index (χ4v) is 7.35. The van der Waals surface area contributed by atoms with E-state index >= 15 is 0 Å². The maximum atomic E-state index is 14.2. The molecule has 1 aliphatic carbocycles. The van der Waals surface area contributed by atoms with Crippen molar-refractivity contribution in [3.63, 3.8) is 0 Å². The van der Waals surface area contributed by atoms with Gasteiger partial charge in [-0.25, -0.2) is 4.39 Å². The van der Waals surface area contributed by atoms with Crippen LogP contribution >= 0.6 is 23.2 Å². The standard InChI is InChI=1S/C34H44Cl2FN5O7/c1-3-4-5-6-7-8-9-27(44)49-20(2)29(41-26(43)19-48-24-12-10-22(37)11-13-24)33(47)42-18-25-28(34(25,35)36)30(42)32(46)40-23(17-38)16-21-14-15-39-31(21)45/h10-13,20-21,23,25,28-30H,3-9,14-16,18-19H2,1-2H3,(H,39,45)(H,40,46)(H,41,43)/t20?,21-,23-,25-,28-,29-,30-/m0/s1. The molecular formula is C34H44Cl2FN5O7. The first-order valence-electron chi connectivity index (χ1n) is 16.9. The summed E-state index contributed by atoms with van der Waals surface area (Å²) in [5.74, 6) is -4.67. The molecule has 0 aromatic heterocycles. The number of carbonyl (C=O) groups excluding carboxylic acids is 5. The monoisotopic (exact) mass is 723 g/mol. The van der Waals surface area contributed by atoms with Crippen LogP contribution in [-0.4, -0.2) is 82.8 Å². The van der Waals surface area contributed by atoms with Crippen LogP contribution in [0.4, 0.5) is 4.39 Å². The van der Waals surface area contributed by atoms with E-state index in [0.29, 0.717) is 19.4 Å². The van der Waals surface area contributed by atoms with Crippen LogP contribution in [0.2, 0.25) is 0 Å². The maximum Gasteiger partial charge on any atom is 0.306 e. The van der Waals surface area contributed by atoms with E-state index in [-0.39, 0.29) is 31.0 Å². The third-order valence-electron chi connectivity index (χ3n) is 9.33. The summed E-state index contributed by atoms with van der Waals surface area (Å²) in [4.78, 5) is 67.1. The molecule has 3 fully saturated rings. The summed E-state index contributed by atoms with van der Waals surface area (Å²) in [7, 11) is 0. The van der Waals surface area contributed by atoms with Crippen molar-refractivity contribution < 1.29 is 37.8 Å². The minimum absolute atomic E-state index is 0.0201. The van der Waals surface area contributed by atoms with E-state index < -0.39 is 82.4 Å². The summed E-state index contributed by atoms with van der Waals surface area (Å²) >= 11 is 13.0. The number of nitriles is 1. The number of halogens is 3. The van der Waals surface area contributed by atoms with Crippen molar-refractivity contribution >= 4 is 52.8 Å². The second-order valence-corrected chi connectivity index (χ2v) is 14.4. The van der Waals surface area contributed by atoms with E-state index in [1.807, 2.05) is 6.07 Å². The summed E-state index contributed by atoms with van der Waals surface area (Å²) in [6.45, 7) is 3.52. The number of alkyl halides is 2. The first-order chi connectivity index (χ1) is 23.4. The highest BCUT2D eigenvalue weighted by Crippen LogP contribution is 2.65. The lowest BCUT2D eigenvalue weighted by Gasteiger charge is -2.34. The van der Waals surface area contributed by atoms with Crippen molar-refractivity contribution in [1.29, 1.82) is 5.26 Å². The Morgan fingerprint density at radius 2 is 1.82 bits per heavy atom. The van der Waals surface area contributed by atoms with Crippen LogP contribution in [0, 0.1) is 34.9 Å². The number of nitrogens with one attached hydrogen (secondary N) is 3. The average Bonchev–Trinajstić information content (AvgIpc) is 3.40. The van der Waals surface area contributed by atoms with Crippen molar-refractivity contribution in [3.8, 4) is 11.8 Å². The molecule has 2 saturated heterocycles. The van der Waals surface area contributed by atoms with Gasteiger partial charge in [-0.15, -0.1) is 23.2 Å². The number of fused-ring (bicyclic) bond motifs is 1. The summed E-state index contributed by atoms with van der Waals surface area (Å²) in [6, 6.07) is 3.41. The molecule has 4 rings (SSSR count). The van der Waals surface area contributed by atoms with Gasteiger partial charge in [-0.2, -0.15) is 5.26 Å².